The summed E-state index contributed by atoms with van der Waals surface area (Å²) in [6.45, 7) is 1.88. The van der Waals surface area contributed by atoms with Gasteiger partial charge in [-0.2, -0.15) is 5.10 Å². The third kappa shape index (κ3) is 1.89. The third-order valence-corrected chi connectivity index (χ3v) is 2.46. The average molecular weight is 202 g/mol. The molecule has 0 unspecified atom stereocenters. The Morgan fingerprint density at radius 2 is 2.42 bits per heavy atom. The maximum absolute atomic E-state index is 5.57. The van der Waals surface area contributed by atoms with Gasteiger partial charge >= 0.3 is 0 Å². The Bertz CT molecular complexity index is 274. The summed E-state index contributed by atoms with van der Waals surface area (Å²) in [5.41, 5.74) is 7.24. The molecule has 1 heterocycles. The number of hydrogen-bond acceptors (Lipinski definition) is 4. The normalized spacial score (nSPS) is 9.83. The third-order valence-electron chi connectivity index (χ3n) is 1.39. The van der Waals surface area contributed by atoms with E-state index in [1.165, 1.54) is 11.8 Å². The standard InChI is InChI=1S/C6H10N4S2/c1-3-4(5(7)10-9-3)8-6(11)12-2/h1-2H3,(H,8,11)(H3,7,9,10). The second-order valence-electron chi connectivity index (χ2n) is 2.23. The molecule has 0 fully saturated rings. The van der Waals surface area contributed by atoms with Crippen LogP contribution in [0.15, 0.2) is 0 Å². The summed E-state index contributed by atoms with van der Waals surface area (Å²) in [6.07, 6.45) is 1.90. The summed E-state index contributed by atoms with van der Waals surface area (Å²) in [7, 11) is 0. The molecule has 1 rings (SSSR count). The zero-order valence-electron chi connectivity index (χ0n) is 6.84. The molecule has 0 aromatic carbocycles. The second kappa shape index (κ2) is 3.77. The van der Waals surface area contributed by atoms with Crippen LogP contribution in [-0.2, 0) is 0 Å². The van der Waals surface area contributed by atoms with Crippen molar-refractivity contribution >= 4 is 39.8 Å². The number of nitrogens with one attached hydrogen (secondary N) is 2. The lowest BCUT2D eigenvalue weighted by Crippen LogP contribution is -2.05. The minimum Gasteiger partial charge on any atom is -0.380 e. The van der Waals surface area contributed by atoms with E-state index in [9.17, 15) is 0 Å². The lowest BCUT2D eigenvalue weighted by Gasteiger charge is -2.03. The van der Waals surface area contributed by atoms with E-state index in [0.29, 0.717) is 10.1 Å². The molecule has 66 valence electrons. The number of H-pyrrole nitrogens is 1. The van der Waals surface area contributed by atoms with Gasteiger partial charge in [0.1, 0.15) is 10.0 Å². The van der Waals surface area contributed by atoms with Gasteiger partial charge in [0.15, 0.2) is 5.82 Å². The van der Waals surface area contributed by atoms with Crippen molar-refractivity contribution in [2.45, 2.75) is 6.92 Å². The molecule has 4 nitrogen and oxygen atoms in total. The zero-order valence-corrected chi connectivity index (χ0v) is 8.47. The summed E-state index contributed by atoms with van der Waals surface area (Å²) in [4.78, 5) is 0. The van der Waals surface area contributed by atoms with Crippen molar-refractivity contribution in [3.63, 3.8) is 0 Å². The molecule has 6 heteroatoms. The highest BCUT2D eigenvalue weighted by Crippen LogP contribution is 2.20. The first-order valence-corrected chi connectivity index (χ1v) is 4.94. The van der Waals surface area contributed by atoms with Crippen LogP contribution >= 0.6 is 24.0 Å². The number of anilines is 2. The van der Waals surface area contributed by atoms with Crippen molar-refractivity contribution in [1.29, 1.82) is 0 Å². The fourth-order valence-electron chi connectivity index (χ4n) is 0.759. The van der Waals surface area contributed by atoms with Gasteiger partial charge < -0.3 is 11.1 Å². The van der Waals surface area contributed by atoms with Gasteiger partial charge in [0.25, 0.3) is 0 Å². The van der Waals surface area contributed by atoms with Gasteiger partial charge in [-0.1, -0.05) is 12.2 Å². The molecule has 0 aliphatic rings. The summed E-state index contributed by atoms with van der Waals surface area (Å²) in [6, 6.07) is 0. The maximum Gasteiger partial charge on any atom is 0.169 e. The molecule has 12 heavy (non-hydrogen) atoms. The lowest BCUT2D eigenvalue weighted by atomic mass is 10.4. The lowest BCUT2D eigenvalue weighted by molar-refractivity contribution is 1.05. The summed E-state index contributed by atoms with van der Waals surface area (Å²) < 4.78 is 0.686. The van der Waals surface area contributed by atoms with Gasteiger partial charge in [0.05, 0.1) is 5.69 Å². The van der Waals surface area contributed by atoms with Crippen molar-refractivity contribution in [2.24, 2.45) is 0 Å². The Balaban J connectivity index is 2.80. The monoisotopic (exact) mass is 202 g/mol. The molecule has 0 spiro atoms. The maximum atomic E-state index is 5.57. The van der Waals surface area contributed by atoms with Crippen LogP contribution in [0, 0.1) is 6.92 Å². The molecule has 0 radical (unpaired) electrons. The van der Waals surface area contributed by atoms with Crippen LogP contribution in [0.3, 0.4) is 0 Å². The zero-order chi connectivity index (χ0) is 9.14. The highest BCUT2D eigenvalue weighted by molar-refractivity contribution is 8.22. The summed E-state index contributed by atoms with van der Waals surface area (Å²) >= 11 is 6.44. The van der Waals surface area contributed by atoms with E-state index < -0.39 is 0 Å². The highest BCUT2D eigenvalue weighted by atomic mass is 32.2. The fraction of sp³-hybridized carbons (Fsp3) is 0.333. The Hall–Kier alpha value is -0.750. The molecule has 0 saturated heterocycles. The Labute approximate surface area is 80.3 Å². The number of nitrogens with two attached hydrogens (primary N) is 1. The van der Waals surface area contributed by atoms with Crippen molar-refractivity contribution in [3.05, 3.63) is 5.69 Å². The Morgan fingerprint density at radius 1 is 1.75 bits per heavy atom. The van der Waals surface area contributed by atoms with E-state index in [1.54, 1.807) is 0 Å². The predicted octanol–water partition coefficient (Wildman–Crippen LogP) is 1.36. The average Bonchev–Trinajstić information content (AvgIpc) is 2.35. The number of aromatic nitrogens is 2. The minimum atomic E-state index is 0.448. The van der Waals surface area contributed by atoms with Crippen LogP contribution in [0.1, 0.15) is 5.69 Å². The van der Waals surface area contributed by atoms with E-state index >= 15 is 0 Å². The van der Waals surface area contributed by atoms with Gasteiger partial charge in [0.2, 0.25) is 0 Å². The minimum absolute atomic E-state index is 0.448. The van der Waals surface area contributed by atoms with Crippen molar-refractivity contribution in [3.8, 4) is 0 Å². The molecule has 0 saturated carbocycles. The first-order valence-electron chi connectivity index (χ1n) is 3.30. The molecular weight excluding hydrogens is 192 g/mol. The van der Waals surface area contributed by atoms with Crippen LogP contribution in [0.25, 0.3) is 0 Å². The Kier molecular flexibility index (Phi) is 2.93. The van der Waals surface area contributed by atoms with E-state index in [0.717, 1.165) is 11.4 Å². The van der Waals surface area contributed by atoms with E-state index in [1.807, 2.05) is 13.2 Å². The first kappa shape index (κ1) is 9.34. The summed E-state index contributed by atoms with van der Waals surface area (Å²) in [5, 5.41) is 9.57. The van der Waals surface area contributed by atoms with E-state index in [2.05, 4.69) is 15.5 Å². The number of nitrogen functional groups attached to an aromatic ring is 1. The van der Waals surface area contributed by atoms with Gasteiger partial charge in [0, 0.05) is 0 Å². The van der Waals surface area contributed by atoms with Crippen molar-refractivity contribution in [1.82, 2.24) is 10.2 Å². The summed E-state index contributed by atoms with van der Waals surface area (Å²) in [5.74, 6) is 0.448. The van der Waals surface area contributed by atoms with Crippen molar-refractivity contribution < 1.29 is 0 Å². The largest absolute Gasteiger partial charge is 0.380 e. The molecule has 0 atom stereocenters. The molecule has 0 aliphatic carbocycles. The van der Waals surface area contributed by atoms with Crippen LogP contribution in [0.2, 0.25) is 0 Å². The fourth-order valence-corrected chi connectivity index (χ4v) is 1.07. The topological polar surface area (TPSA) is 66.7 Å². The number of thiocarbonyl (C=S) groups is 1. The number of aromatic amines is 1. The Morgan fingerprint density at radius 3 is 2.83 bits per heavy atom. The first-order chi connectivity index (χ1) is 5.65. The van der Waals surface area contributed by atoms with E-state index in [4.69, 9.17) is 18.0 Å². The van der Waals surface area contributed by atoms with E-state index in [-0.39, 0.29) is 0 Å². The van der Waals surface area contributed by atoms with Gasteiger partial charge in [-0.05, 0) is 13.2 Å². The molecule has 0 amide bonds. The van der Waals surface area contributed by atoms with Crippen LogP contribution in [0.5, 0.6) is 0 Å². The highest BCUT2D eigenvalue weighted by Gasteiger charge is 2.07. The van der Waals surface area contributed by atoms with Crippen LogP contribution < -0.4 is 11.1 Å². The van der Waals surface area contributed by atoms with Crippen LogP contribution in [0.4, 0.5) is 11.5 Å². The van der Waals surface area contributed by atoms with Gasteiger partial charge in [-0.3, -0.25) is 5.10 Å². The van der Waals surface area contributed by atoms with Crippen LogP contribution in [-0.4, -0.2) is 20.8 Å². The number of hydrogen-bond donors (Lipinski definition) is 3. The van der Waals surface area contributed by atoms with Crippen molar-refractivity contribution in [2.75, 3.05) is 17.3 Å². The molecule has 0 aliphatic heterocycles. The van der Waals surface area contributed by atoms with Gasteiger partial charge in [-0.25, -0.2) is 0 Å². The SMILES string of the molecule is CSC(=S)Nc1c(N)n[nH]c1C. The number of rotatable bonds is 1. The second-order valence-corrected chi connectivity index (χ2v) is 3.71. The molecule has 1 aromatic heterocycles. The molecule has 4 N–H and O–H groups in total. The predicted molar refractivity (Wildman–Crippen MR) is 57.5 cm³/mol. The quantitative estimate of drug-likeness (QED) is 0.600. The molecular formula is C6H10N4S2. The number of aryl methyl sites for hydroxylation is 1. The van der Waals surface area contributed by atoms with Gasteiger partial charge in [-0.15, -0.1) is 11.8 Å². The smallest absolute Gasteiger partial charge is 0.169 e. The molecule has 0 bridgehead atoms. The number of nitrogens with zero attached hydrogens (tertiary/aromatic N) is 1. The number of thioether (sulfide) groups is 1. The molecule has 1 aromatic rings.